The highest BCUT2D eigenvalue weighted by Gasteiger charge is 2.32. The maximum atomic E-state index is 11.9. The van der Waals surface area contributed by atoms with Crippen molar-refractivity contribution in [2.45, 2.75) is 38.6 Å². The van der Waals surface area contributed by atoms with E-state index in [1.165, 1.54) is 32.6 Å². The lowest BCUT2D eigenvalue weighted by Crippen LogP contribution is -2.48. The van der Waals surface area contributed by atoms with Crippen molar-refractivity contribution in [2.24, 2.45) is 11.8 Å². The molecule has 1 unspecified atom stereocenters. The number of hydrogen-bond acceptors (Lipinski definition) is 2. The summed E-state index contributed by atoms with van der Waals surface area (Å²) in [6.07, 6.45) is 4.79. The van der Waals surface area contributed by atoms with Crippen LogP contribution in [0.1, 0.15) is 32.6 Å². The number of carbonyl (C=O) groups is 2. The van der Waals surface area contributed by atoms with Crippen molar-refractivity contribution in [2.75, 3.05) is 13.1 Å². The Balaban J connectivity index is 1.83. The molecule has 1 atom stereocenters. The minimum absolute atomic E-state index is 0.223. The third-order valence-electron chi connectivity index (χ3n) is 3.35. The molecule has 2 N–H and O–H groups in total. The Kier molecular flexibility index (Phi) is 3.54. The molecule has 96 valence electrons. The van der Waals surface area contributed by atoms with Crippen LogP contribution in [-0.4, -0.2) is 41.1 Å². The van der Waals surface area contributed by atoms with E-state index >= 15 is 0 Å². The van der Waals surface area contributed by atoms with Crippen LogP contribution < -0.4 is 5.32 Å². The molecule has 5 heteroatoms. The number of nitrogens with one attached hydrogen (secondary N) is 1. The van der Waals surface area contributed by atoms with Crippen molar-refractivity contribution < 1.29 is 14.7 Å². The van der Waals surface area contributed by atoms with Crippen LogP contribution in [-0.2, 0) is 4.79 Å². The third-order valence-corrected chi connectivity index (χ3v) is 3.35. The predicted molar refractivity (Wildman–Crippen MR) is 62.7 cm³/mol. The van der Waals surface area contributed by atoms with E-state index in [-0.39, 0.29) is 6.03 Å². The van der Waals surface area contributed by atoms with Crippen molar-refractivity contribution in [3.63, 3.8) is 0 Å². The Labute approximate surface area is 101 Å². The highest BCUT2D eigenvalue weighted by atomic mass is 16.4. The molecule has 0 aromatic carbocycles. The van der Waals surface area contributed by atoms with Gasteiger partial charge in [0, 0.05) is 13.1 Å². The van der Waals surface area contributed by atoms with E-state index in [4.69, 9.17) is 5.11 Å². The van der Waals surface area contributed by atoms with Gasteiger partial charge in [-0.25, -0.2) is 4.79 Å². The molecule has 0 spiro atoms. The summed E-state index contributed by atoms with van der Waals surface area (Å²) in [5.41, 5.74) is 0. The fraction of sp³-hybridized carbons (Fsp3) is 0.833. The number of nitrogens with zero attached hydrogens (tertiary/aromatic N) is 1. The lowest BCUT2D eigenvalue weighted by atomic mass is 10.3. The van der Waals surface area contributed by atoms with E-state index in [1.54, 1.807) is 4.90 Å². The van der Waals surface area contributed by atoms with Gasteiger partial charge in [-0.2, -0.15) is 0 Å². The molecule has 5 nitrogen and oxygen atoms in total. The number of aliphatic carboxylic acids is 1. The zero-order chi connectivity index (χ0) is 12.4. The SMILES string of the molecule is CC(NC(=O)N(CC1CC1)CC1CC1)C(=O)O. The first kappa shape index (κ1) is 12.2. The van der Waals surface area contributed by atoms with Crippen LogP contribution in [0.5, 0.6) is 0 Å². The van der Waals surface area contributed by atoms with Gasteiger partial charge < -0.3 is 15.3 Å². The number of rotatable bonds is 6. The Morgan fingerprint density at radius 3 is 2.06 bits per heavy atom. The largest absolute Gasteiger partial charge is 0.480 e. The van der Waals surface area contributed by atoms with Gasteiger partial charge in [0.25, 0.3) is 0 Å². The standard InChI is InChI=1S/C12H20N2O3/c1-8(11(15)16)13-12(17)14(6-9-2-3-9)7-10-4-5-10/h8-10H,2-7H2,1H3,(H,13,17)(H,15,16). The Morgan fingerprint density at radius 2 is 1.71 bits per heavy atom. The predicted octanol–water partition coefficient (Wildman–Crippen LogP) is 1.29. The monoisotopic (exact) mass is 240 g/mol. The molecule has 2 amide bonds. The Hall–Kier alpha value is -1.26. The average Bonchev–Trinajstić information content (AvgIpc) is 3.10. The molecular formula is C12H20N2O3. The van der Waals surface area contributed by atoms with Crippen molar-refractivity contribution in [3.05, 3.63) is 0 Å². The smallest absolute Gasteiger partial charge is 0.325 e. The fourth-order valence-electron chi connectivity index (χ4n) is 1.80. The summed E-state index contributed by atoms with van der Waals surface area (Å²) in [4.78, 5) is 24.4. The number of amides is 2. The Morgan fingerprint density at radius 1 is 1.24 bits per heavy atom. The Bertz CT molecular complexity index is 297. The molecule has 0 radical (unpaired) electrons. The molecule has 2 rings (SSSR count). The molecule has 0 saturated heterocycles. The maximum Gasteiger partial charge on any atom is 0.325 e. The molecular weight excluding hydrogens is 220 g/mol. The van der Waals surface area contributed by atoms with E-state index in [2.05, 4.69) is 5.32 Å². The first-order chi connectivity index (χ1) is 8.06. The van der Waals surface area contributed by atoms with E-state index in [9.17, 15) is 9.59 Å². The summed E-state index contributed by atoms with van der Waals surface area (Å²) < 4.78 is 0. The van der Waals surface area contributed by atoms with Crippen LogP contribution in [0.25, 0.3) is 0 Å². The maximum absolute atomic E-state index is 11.9. The van der Waals surface area contributed by atoms with E-state index in [0.29, 0.717) is 11.8 Å². The summed E-state index contributed by atoms with van der Waals surface area (Å²) in [6, 6.07) is -1.04. The minimum atomic E-state index is -0.990. The lowest BCUT2D eigenvalue weighted by Gasteiger charge is -2.24. The highest BCUT2D eigenvalue weighted by molar-refractivity contribution is 5.82. The van der Waals surface area contributed by atoms with E-state index < -0.39 is 12.0 Å². The minimum Gasteiger partial charge on any atom is -0.480 e. The molecule has 0 aliphatic heterocycles. The summed E-state index contributed by atoms with van der Waals surface area (Å²) in [6.45, 7) is 3.07. The van der Waals surface area contributed by atoms with Crippen molar-refractivity contribution >= 4 is 12.0 Å². The van der Waals surface area contributed by atoms with Crippen molar-refractivity contribution in [1.29, 1.82) is 0 Å². The van der Waals surface area contributed by atoms with Gasteiger partial charge in [0.15, 0.2) is 0 Å². The number of carbonyl (C=O) groups excluding carboxylic acids is 1. The summed E-state index contributed by atoms with van der Waals surface area (Å²) in [5.74, 6) is 0.287. The molecule has 0 aromatic rings. The summed E-state index contributed by atoms with van der Waals surface area (Å²) in [7, 11) is 0. The van der Waals surface area contributed by atoms with Gasteiger partial charge in [-0.1, -0.05) is 0 Å². The van der Waals surface area contributed by atoms with Crippen LogP contribution in [0, 0.1) is 11.8 Å². The second-order valence-corrected chi connectivity index (χ2v) is 5.30. The van der Waals surface area contributed by atoms with Gasteiger partial charge in [0.1, 0.15) is 6.04 Å². The topological polar surface area (TPSA) is 69.6 Å². The zero-order valence-corrected chi connectivity index (χ0v) is 10.2. The molecule has 0 bridgehead atoms. The first-order valence-electron chi connectivity index (χ1n) is 6.34. The molecule has 0 aromatic heterocycles. The first-order valence-corrected chi connectivity index (χ1v) is 6.34. The molecule has 0 heterocycles. The molecule has 2 saturated carbocycles. The second-order valence-electron chi connectivity index (χ2n) is 5.30. The number of urea groups is 1. The van der Waals surface area contributed by atoms with Gasteiger partial charge in [-0.15, -0.1) is 0 Å². The summed E-state index contributed by atoms with van der Waals surface area (Å²) in [5, 5.41) is 11.3. The van der Waals surface area contributed by atoms with Crippen LogP contribution in [0.3, 0.4) is 0 Å². The lowest BCUT2D eigenvalue weighted by molar-refractivity contribution is -0.138. The van der Waals surface area contributed by atoms with Crippen LogP contribution in [0.4, 0.5) is 4.79 Å². The molecule has 17 heavy (non-hydrogen) atoms. The van der Waals surface area contributed by atoms with Gasteiger partial charge >= 0.3 is 12.0 Å². The number of hydrogen-bond donors (Lipinski definition) is 2. The van der Waals surface area contributed by atoms with Crippen LogP contribution >= 0.6 is 0 Å². The normalized spacial score (nSPS) is 20.8. The number of carboxylic acids is 1. The van der Waals surface area contributed by atoms with Gasteiger partial charge in [-0.3, -0.25) is 4.79 Å². The average molecular weight is 240 g/mol. The van der Waals surface area contributed by atoms with Gasteiger partial charge in [-0.05, 0) is 44.4 Å². The summed E-state index contributed by atoms with van der Waals surface area (Å²) >= 11 is 0. The van der Waals surface area contributed by atoms with Crippen molar-refractivity contribution in [1.82, 2.24) is 10.2 Å². The number of carboxylic acid groups (broad SMARTS) is 1. The van der Waals surface area contributed by atoms with E-state index in [1.807, 2.05) is 0 Å². The quantitative estimate of drug-likeness (QED) is 0.735. The molecule has 2 aliphatic carbocycles. The van der Waals surface area contributed by atoms with E-state index in [0.717, 1.165) is 13.1 Å². The van der Waals surface area contributed by atoms with Crippen molar-refractivity contribution in [3.8, 4) is 0 Å². The molecule has 2 fully saturated rings. The highest BCUT2D eigenvalue weighted by Crippen LogP contribution is 2.33. The van der Waals surface area contributed by atoms with Crippen LogP contribution in [0.15, 0.2) is 0 Å². The van der Waals surface area contributed by atoms with Gasteiger partial charge in [0.2, 0.25) is 0 Å². The zero-order valence-electron chi connectivity index (χ0n) is 10.2. The molecule has 2 aliphatic rings. The van der Waals surface area contributed by atoms with Gasteiger partial charge in [0.05, 0.1) is 0 Å². The van der Waals surface area contributed by atoms with Crippen LogP contribution in [0.2, 0.25) is 0 Å². The fourth-order valence-corrected chi connectivity index (χ4v) is 1.80. The second kappa shape index (κ2) is 4.94. The third kappa shape index (κ3) is 3.91.